The fraction of sp³-hybridized carbons (Fsp3) is 0.579. The van der Waals surface area contributed by atoms with Crippen molar-refractivity contribution in [2.45, 2.75) is 32.6 Å². The van der Waals surface area contributed by atoms with Crippen LogP contribution < -0.4 is 20.9 Å². The first-order valence-corrected chi connectivity index (χ1v) is 9.29. The van der Waals surface area contributed by atoms with E-state index in [4.69, 9.17) is 0 Å². The van der Waals surface area contributed by atoms with E-state index in [0.717, 1.165) is 50.3 Å². The molecule has 25 heavy (non-hydrogen) atoms. The van der Waals surface area contributed by atoms with E-state index >= 15 is 0 Å². The molecule has 3 N–H and O–H groups in total. The van der Waals surface area contributed by atoms with E-state index in [9.17, 15) is 9.59 Å². The maximum Gasteiger partial charge on any atom is 0.321 e. The van der Waals surface area contributed by atoms with Crippen molar-refractivity contribution in [3.63, 3.8) is 0 Å². The molecule has 1 aromatic rings. The molecule has 2 aliphatic heterocycles. The Bertz CT molecular complexity index is 613. The summed E-state index contributed by atoms with van der Waals surface area (Å²) in [6, 6.07) is 7.45. The zero-order valence-electron chi connectivity index (χ0n) is 14.9. The number of hydrogen-bond acceptors (Lipinski definition) is 3. The Kier molecular flexibility index (Phi) is 5.91. The molecule has 6 heteroatoms. The number of nitrogens with zero attached hydrogens (tertiary/aromatic N) is 1. The Morgan fingerprint density at radius 3 is 2.88 bits per heavy atom. The minimum atomic E-state index is -0.0748. The molecule has 3 amide bonds. The molecule has 0 saturated carbocycles. The maximum absolute atomic E-state index is 12.4. The smallest absolute Gasteiger partial charge is 0.321 e. The predicted octanol–water partition coefficient (Wildman–Crippen LogP) is 2.57. The van der Waals surface area contributed by atoms with E-state index in [1.807, 2.05) is 24.3 Å². The van der Waals surface area contributed by atoms with Crippen LogP contribution in [0.2, 0.25) is 0 Å². The van der Waals surface area contributed by atoms with Crippen molar-refractivity contribution < 1.29 is 9.59 Å². The van der Waals surface area contributed by atoms with Gasteiger partial charge >= 0.3 is 6.03 Å². The van der Waals surface area contributed by atoms with E-state index in [1.165, 1.54) is 0 Å². The maximum atomic E-state index is 12.4. The zero-order chi connectivity index (χ0) is 17.6. The molecule has 1 aromatic carbocycles. The van der Waals surface area contributed by atoms with Gasteiger partial charge in [0.25, 0.3) is 0 Å². The quantitative estimate of drug-likeness (QED) is 0.769. The Balaban J connectivity index is 1.57. The number of benzene rings is 1. The molecular formula is C19H28N4O2. The molecule has 3 rings (SSSR count). The third-order valence-corrected chi connectivity index (χ3v) is 5.22. The largest absolute Gasteiger partial charge is 0.338 e. The third kappa shape index (κ3) is 4.72. The van der Waals surface area contributed by atoms with Gasteiger partial charge in [-0.05, 0) is 62.4 Å². The fourth-order valence-electron chi connectivity index (χ4n) is 3.71. The summed E-state index contributed by atoms with van der Waals surface area (Å²) in [6.45, 7) is 5.70. The van der Waals surface area contributed by atoms with Crippen LogP contribution in [0.25, 0.3) is 0 Å². The van der Waals surface area contributed by atoms with Crippen LogP contribution in [0.3, 0.4) is 0 Å². The first-order chi connectivity index (χ1) is 12.1. The Labute approximate surface area is 149 Å². The zero-order valence-corrected chi connectivity index (χ0v) is 14.9. The minimum Gasteiger partial charge on any atom is -0.338 e. The van der Waals surface area contributed by atoms with Gasteiger partial charge in [-0.15, -0.1) is 0 Å². The molecule has 2 fully saturated rings. The summed E-state index contributed by atoms with van der Waals surface area (Å²) in [4.78, 5) is 26.1. The van der Waals surface area contributed by atoms with E-state index < -0.39 is 0 Å². The molecule has 2 saturated heterocycles. The number of rotatable bonds is 5. The normalized spacial score (nSPS) is 20.0. The van der Waals surface area contributed by atoms with Gasteiger partial charge in [-0.25, -0.2) is 4.79 Å². The molecule has 0 aromatic heterocycles. The Morgan fingerprint density at radius 1 is 1.32 bits per heavy atom. The van der Waals surface area contributed by atoms with Crippen LogP contribution in [0.5, 0.6) is 0 Å². The van der Waals surface area contributed by atoms with Crippen LogP contribution in [-0.2, 0) is 4.79 Å². The number of anilines is 2. The number of amides is 3. The Morgan fingerprint density at radius 2 is 2.12 bits per heavy atom. The average molecular weight is 344 g/mol. The third-order valence-electron chi connectivity index (χ3n) is 5.22. The second-order valence-electron chi connectivity index (χ2n) is 7.10. The molecule has 2 aliphatic rings. The summed E-state index contributed by atoms with van der Waals surface area (Å²) < 4.78 is 0. The highest BCUT2D eigenvalue weighted by atomic mass is 16.2. The fourth-order valence-corrected chi connectivity index (χ4v) is 3.71. The SMILES string of the molecule is CC(CC(=O)Nc1cccc(N2CCCNC2=O)c1)C1CCNCC1. The van der Waals surface area contributed by atoms with Crippen molar-refractivity contribution in [2.24, 2.45) is 11.8 Å². The van der Waals surface area contributed by atoms with Crippen LogP contribution in [0.15, 0.2) is 24.3 Å². The number of nitrogens with one attached hydrogen (secondary N) is 3. The number of carbonyl (C=O) groups is 2. The topological polar surface area (TPSA) is 73.5 Å². The van der Waals surface area contributed by atoms with Crippen LogP contribution in [-0.4, -0.2) is 38.1 Å². The molecule has 0 bridgehead atoms. The summed E-state index contributed by atoms with van der Waals surface area (Å²) in [6.07, 6.45) is 3.76. The standard InChI is InChI=1S/C19H28N4O2/c1-14(15-6-9-20-10-7-15)12-18(24)22-16-4-2-5-17(13-16)23-11-3-8-21-19(23)25/h2,4-5,13-15,20H,3,6-12H2,1H3,(H,21,25)(H,22,24). The van der Waals surface area contributed by atoms with Crippen LogP contribution in [0.1, 0.15) is 32.6 Å². The first kappa shape index (κ1) is 17.7. The molecule has 1 unspecified atom stereocenters. The number of piperidine rings is 1. The lowest BCUT2D eigenvalue weighted by molar-refractivity contribution is -0.117. The molecule has 1 atom stereocenters. The van der Waals surface area contributed by atoms with Crippen molar-refractivity contribution in [2.75, 3.05) is 36.4 Å². The summed E-state index contributed by atoms with van der Waals surface area (Å²) in [5.74, 6) is 1.06. The molecule has 2 heterocycles. The summed E-state index contributed by atoms with van der Waals surface area (Å²) in [5.41, 5.74) is 1.57. The highest BCUT2D eigenvalue weighted by molar-refractivity contribution is 5.95. The number of hydrogen-bond donors (Lipinski definition) is 3. The van der Waals surface area contributed by atoms with Gasteiger partial charge in [0.2, 0.25) is 5.91 Å². The highest BCUT2D eigenvalue weighted by Gasteiger charge is 2.22. The number of urea groups is 1. The molecule has 0 radical (unpaired) electrons. The monoisotopic (exact) mass is 344 g/mol. The van der Waals surface area contributed by atoms with E-state index in [1.54, 1.807) is 4.90 Å². The lowest BCUT2D eigenvalue weighted by Gasteiger charge is -2.28. The van der Waals surface area contributed by atoms with Gasteiger partial charge in [0, 0.05) is 30.9 Å². The molecule has 136 valence electrons. The van der Waals surface area contributed by atoms with Crippen molar-refractivity contribution in [1.29, 1.82) is 0 Å². The van der Waals surface area contributed by atoms with Crippen molar-refractivity contribution in [3.05, 3.63) is 24.3 Å². The van der Waals surface area contributed by atoms with Gasteiger partial charge < -0.3 is 16.0 Å². The second-order valence-corrected chi connectivity index (χ2v) is 7.10. The van der Waals surface area contributed by atoms with Crippen LogP contribution >= 0.6 is 0 Å². The summed E-state index contributed by atoms with van der Waals surface area (Å²) >= 11 is 0. The number of carbonyl (C=O) groups excluding carboxylic acids is 2. The second kappa shape index (κ2) is 8.34. The summed E-state index contributed by atoms with van der Waals surface area (Å²) in [5, 5.41) is 9.21. The summed E-state index contributed by atoms with van der Waals surface area (Å²) in [7, 11) is 0. The minimum absolute atomic E-state index is 0.0475. The van der Waals surface area contributed by atoms with Crippen LogP contribution in [0.4, 0.5) is 16.2 Å². The molecule has 6 nitrogen and oxygen atoms in total. The van der Waals surface area contributed by atoms with Crippen molar-refractivity contribution in [3.8, 4) is 0 Å². The average Bonchev–Trinajstić information content (AvgIpc) is 2.63. The molecule has 0 spiro atoms. The van der Waals surface area contributed by atoms with Crippen LogP contribution in [0, 0.1) is 11.8 Å². The lowest BCUT2D eigenvalue weighted by Crippen LogP contribution is -2.46. The molecule has 0 aliphatic carbocycles. The van der Waals surface area contributed by atoms with Gasteiger partial charge in [-0.1, -0.05) is 13.0 Å². The van der Waals surface area contributed by atoms with E-state index in [-0.39, 0.29) is 11.9 Å². The lowest BCUT2D eigenvalue weighted by atomic mass is 9.84. The predicted molar refractivity (Wildman–Crippen MR) is 99.8 cm³/mol. The van der Waals surface area contributed by atoms with Crippen molar-refractivity contribution >= 4 is 23.3 Å². The van der Waals surface area contributed by atoms with E-state index in [2.05, 4.69) is 22.9 Å². The van der Waals surface area contributed by atoms with Gasteiger partial charge in [-0.3, -0.25) is 9.69 Å². The van der Waals surface area contributed by atoms with Gasteiger partial charge in [0.05, 0.1) is 0 Å². The molecular weight excluding hydrogens is 316 g/mol. The van der Waals surface area contributed by atoms with Gasteiger partial charge in [-0.2, -0.15) is 0 Å². The van der Waals surface area contributed by atoms with Gasteiger partial charge in [0.15, 0.2) is 0 Å². The van der Waals surface area contributed by atoms with E-state index in [0.29, 0.717) is 24.8 Å². The van der Waals surface area contributed by atoms with Gasteiger partial charge in [0.1, 0.15) is 0 Å². The first-order valence-electron chi connectivity index (χ1n) is 9.29. The Hall–Kier alpha value is -2.08. The van der Waals surface area contributed by atoms with Crippen molar-refractivity contribution in [1.82, 2.24) is 10.6 Å². The highest BCUT2D eigenvalue weighted by Crippen LogP contribution is 2.25.